The molecule has 200 valence electrons. The average Bonchev–Trinajstić information content (AvgIpc) is 3.36. The minimum Gasteiger partial charge on any atom is -0.460 e. The molecule has 2 atom stereocenters. The van der Waals surface area contributed by atoms with E-state index in [1.165, 1.54) is 12.1 Å². The van der Waals surface area contributed by atoms with Gasteiger partial charge in [0, 0.05) is 24.1 Å². The summed E-state index contributed by atoms with van der Waals surface area (Å²) >= 11 is 6.33. The van der Waals surface area contributed by atoms with Crippen LogP contribution in [0.25, 0.3) is 11.5 Å². The third-order valence-electron chi connectivity index (χ3n) is 5.62. The highest BCUT2D eigenvalue weighted by Gasteiger charge is 2.29. The van der Waals surface area contributed by atoms with Gasteiger partial charge in [0.25, 0.3) is 0 Å². The Morgan fingerprint density at radius 3 is 2.55 bits per heavy atom. The summed E-state index contributed by atoms with van der Waals surface area (Å²) < 4.78 is 30.9. The number of halogens is 2. The SMILES string of the molecule is CCCC(=O)Oc1cc(-c2nnc([C@H](Nc3ccc(C#N)c(Cl)c3C)[C@@H](C)OC(=O)CCC)o2)ccc1F. The van der Waals surface area contributed by atoms with Crippen LogP contribution in [-0.4, -0.2) is 28.2 Å². The fourth-order valence-electron chi connectivity index (χ4n) is 3.58. The van der Waals surface area contributed by atoms with Crippen molar-refractivity contribution < 1.29 is 27.9 Å². The zero-order valence-electron chi connectivity index (χ0n) is 21.5. The molecule has 0 amide bonds. The highest BCUT2D eigenvalue weighted by molar-refractivity contribution is 6.32. The van der Waals surface area contributed by atoms with Crippen LogP contribution in [-0.2, 0) is 14.3 Å². The first-order valence-electron chi connectivity index (χ1n) is 12.2. The normalized spacial score (nSPS) is 12.3. The van der Waals surface area contributed by atoms with E-state index in [2.05, 4.69) is 15.5 Å². The zero-order chi connectivity index (χ0) is 27.8. The van der Waals surface area contributed by atoms with Crippen molar-refractivity contribution in [2.75, 3.05) is 5.32 Å². The quantitative estimate of drug-likeness (QED) is 0.219. The van der Waals surface area contributed by atoms with E-state index in [4.69, 9.17) is 25.5 Å². The van der Waals surface area contributed by atoms with Gasteiger partial charge in [-0.1, -0.05) is 25.4 Å². The lowest BCUT2D eigenvalue weighted by Gasteiger charge is -2.24. The predicted molar refractivity (Wildman–Crippen MR) is 138 cm³/mol. The number of nitriles is 1. The molecule has 0 aliphatic heterocycles. The fourth-order valence-corrected chi connectivity index (χ4v) is 3.79. The highest BCUT2D eigenvalue weighted by atomic mass is 35.5. The number of carbonyl (C=O) groups is 2. The molecule has 9 nitrogen and oxygen atoms in total. The number of benzene rings is 2. The van der Waals surface area contributed by atoms with Gasteiger partial charge in [-0.05, 0) is 62.6 Å². The molecule has 0 saturated carbocycles. The van der Waals surface area contributed by atoms with Crippen LogP contribution in [0.3, 0.4) is 0 Å². The summed E-state index contributed by atoms with van der Waals surface area (Å²) in [6, 6.07) is 8.36. The minimum absolute atomic E-state index is 0.0428. The molecule has 3 aromatic rings. The second kappa shape index (κ2) is 13.0. The number of nitrogens with zero attached hydrogens (tertiary/aromatic N) is 3. The van der Waals surface area contributed by atoms with Crippen molar-refractivity contribution in [2.45, 2.75) is 65.5 Å². The Morgan fingerprint density at radius 1 is 1.16 bits per heavy atom. The summed E-state index contributed by atoms with van der Waals surface area (Å²) in [6.07, 6.45) is 0.828. The Labute approximate surface area is 224 Å². The van der Waals surface area contributed by atoms with E-state index >= 15 is 0 Å². The highest BCUT2D eigenvalue weighted by Crippen LogP contribution is 2.33. The van der Waals surface area contributed by atoms with Crippen LogP contribution in [0.15, 0.2) is 34.7 Å². The van der Waals surface area contributed by atoms with Gasteiger partial charge in [0.1, 0.15) is 18.2 Å². The number of anilines is 1. The lowest BCUT2D eigenvalue weighted by atomic mass is 10.1. The molecule has 0 spiro atoms. The summed E-state index contributed by atoms with van der Waals surface area (Å²) in [5.74, 6) is -1.77. The Morgan fingerprint density at radius 2 is 1.87 bits per heavy atom. The van der Waals surface area contributed by atoms with E-state index in [1.54, 1.807) is 26.0 Å². The van der Waals surface area contributed by atoms with Crippen LogP contribution in [0.4, 0.5) is 10.1 Å². The number of hydrogen-bond acceptors (Lipinski definition) is 9. The number of hydrogen-bond donors (Lipinski definition) is 1. The van der Waals surface area contributed by atoms with Crippen molar-refractivity contribution in [1.29, 1.82) is 5.26 Å². The van der Waals surface area contributed by atoms with Crippen molar-refractivity contribution in [3.05, 3.63) is 58.2 Å². The van der Waals surface area contributed by atoms with E-state index in [0.29, 0.717) is 35.2 Å². The van der Waals surface area contributed by atoms with Gasteiger partial charge in [0.2, 0.25) is 11.8 Å². The van der Waals surface area contributed by atoms with Gasteiger partial charge in [-0.15, -0.1) is 10.2 Å². The largest absolute Gasteiger partial charge is 0.460 e. The second-order valence-corrected chi connectivity index (χ2v) is 8.97. The van der Waals surface area contributed by atoms with Crippen molar-refractivity contribution in [3.8, 4) is 23.3 Å². The molecule has 1 heterocycles. The summed E-state index contributed by atoms with van der Waals surface area (Å²) in [5.41, 5.74) is 1.83. The number of rotatable bonds is 11. The molecule has 0 bridgehead atoms. The molecule has 3 rings (SSSR count). The summed E-state index contributed by atoms with van der Waals surface area (Å²) in [5, 5.41) is 21.0. The van der Waals surface area contributed by atoms with Gasteiger partial charge in [0.15, 0.2) is 11.6 Å². The average molecular weight is 543 g/mol. The van der Waals surface area contributed by atoms with E-state index in [-0.39, 0.29) is 35.4 Å². The Kier molecular flexibility index (Phi) is 9.79. The van der Waals surface area contributed by atoms with Crippen LogP contribution < -0.4 is 10.1 Å². The van der Waals surface area contributed by atoms with Gasteiger partial charge in [-0.3, -0.25) is 9.59 Å². The van der Waals surface area contributed by atoms with Crippen molar-refractivity contribution in [1.82, 2.24) is 10.2 Å². The van der Waals surface area contributed by atoms with Gasteiger partial charge < -0.3 is 19.2 Å². The van der Waals surface area contributed by atoms with Crippen LogP contribution in [0.1, 0.15) is 69.5 Å². The number of carbonyl (C=O) groups excluding carboxylic acids is 2. The maximum Gasteiger partial charge on any atom is 0.311 e. The number of nitrogens with one attached hydrogen (secondary N) is 1. The molecule has 1 aromatic heterocycles. The van der Waals surface area contributed by atoms with Gasteiger partial charge in [-0.2, -0.15) is 5.26 Å². The van der Waals surface area contributed by atoms with Crippen molar-refractivity contribution in [3.63, 3.8) is 0 Å². The predicted octanol–water partition coefficient (Wildman–Crippen LogP) is 6.30. The first kappa shape index (κ1) is 28.6. The second-order valence-electron chi connectivity index (χ2n) is 8.59. The lowest BCUT2D eigenvalue weighted by Crippen LogP contribution is -2.28. The van der Waals surface area contributed by atoms with Crippen LogP contribution in [0.2, 0.25) is 5.02 Å². The third-order valence-corrected chi connectivity index (χ3v) is 6.11. The fraction of sp³-hybridized carbons (Fsp3) is 0.370. The van der Waals surface area contributed by atoms with Crippen molar-refractivity contribution in [2.24, 2.45) is 0 Å². The Balaban J connectivity index is 1.95. The molecule has 0 aliphatic carbocycles. The third kappa shape index (κ3) is 6.86. The molecule has 1 N–H and O–H groups in total. The number of ether oxygens (including phenoxy) is 2. The van der Waals surface area contributed by atoms with E-state index in [9.17, 15) is 19.2 Å². The zero-order valence-corrected chi connectivity index (χ0v) is 22.3. The molecule has 11 heteroatoms. The summed E-state index contributed by atoms with van der Waals surface area (Å²) in [4.78, 5) is 24.1. The van der Waals surface area contributed by atoms with Crippen molar-refractivity contribution >= 4 is 29.2 Å². The van der Waals surface area contributed by atoms with E-state index in [0.717, 1.165) is 6.07 Å². The molecule has 0 unspecified atom stereocenters. The minimum atomic E-state index is -0.790. The van der Waals surface area contributed by atoms with Gasteiger partial charge in [-0.25, -0.2) is 4.39 Å². The van der Waals surface area contributed by atoms with Gasteiger partial charge >= 0.3 is 11.9 Å². The number of esters is 2. The van der Waals surface area contributed by atoms with Crippen LogP contribution in [0.5, 0.6) is 5.75 Å². The summed E-state index contributed by atoms with van der Waals surface area (Å²) in [6.45, 7) is 7.10. The molecule has 2 aromatic carbocycles. The van der Waals surface area contributed by atoms with Crippen LogP contribution in [0, 0.1) is 24.1 Å². The molecule has 0 fully saturated rings. The molecule has 38 heavy (non-hydrogen) atoms. The Bertz CT molecular complexity index is 1350. The summed E-state index contributed by atoms with van der Waals surface area (Å²) in [7, 11) is 0. The van der Waals surface area contributed by atoms with E-state index < -0.39 is 29.9 Å². The first-order chi connectivity index (χ1) is 18.2. The molecule has 0 radical (unpaired) electrons. The maximum atomic E-state index is 14.2. The smallest absolute Gasteiger partial charge is 0.311 e. The topological polar surface area (TPSA) is 127 Å². The molecule has 0 aliphatic rings. The molecule has 0 saturated heterocycles. The number of aromatic nitrogens is 2. The van der Waals surface area contributed by atoms with Crippen LogP contribution >= 0.6 is 11.6 Å². The lowest BCUT2D eigenvalue weighted by molar-refractivity contribution is -0.149. The molecular formula is C27H28ClFN4O5. The first-order valence-corrected chi connectivity index (χ1v) is 12.5. The van der Waals surface area contributed by atoms with E-state index in [1.807, 2.05) is 19.9 Å². The monoisotopic (exact) mass is 542 g/mol. The standard InChI is InChI=1S/C27H28ClFN4O5/c1-5-7-22(34)36-16(4)25(31-20-12-10-18(14-30)24(28)15(20)3)27-33-32-26(38-27)17-9-11-19(29)21(13-17)37-23(35)8-6-2/h9-13,16,25,31H,5-8H2,1-4H3/t16-,25-/m1/s1. The maximum absolute atomic E-state index is 14.2. The molecular weight excluding hydrogens is 515 g/mol. The van der Waals surface area contributed by atoms with Gasteiger partial charge in [0.05, 0.1) is 10.6 Å². The Hall–Kier alpha value is -3.97.